The molecule has 1 rings (SSSR count). The van der Waals surface area contributed by atoms with Crippen LogP contribution in [0.3, 0.4) is 0 Å². The third-order valence-electron chi connectivity index (χ3n) is 2.24. The first-order chi connectivity index (χ1) is 5.97. The summed E-state index contributed by atoms with van der Waals surface area (Å²) in [7, 11) is 0. The highest BCUT2D eigenvalue weighted by Crippen LogP contribution is 2.37. The Balaban J connectivity index is 2.93. The molecule has 0 spiro atoms. The molecule has 3 heteroatoms. The molecule has 0 amide bonds. The van der Waals surface area contributed by atoms with E-state index in [-0.39, 0.29) is 0 Å². The zero-order chi connectivity index (χ0) is 10.1. The number of alkyl halides is 1. The van der Waals surface area contributed by atoms with Crippen molar-refractivity contribution in [1.29, 1.82) is 0 Å². The Labute approximate surface area is 101 Å². The molecule has 0 bridgehead atoms. The normalized spacial score (nSPS) is 12.1. The van der Waals surface area contributed by atoms with Crippen LogP contribution in [0.4, 0.5) is 0 Å². The molecule has 1 aromatic heterocycles. The third kappa shape index (κ3) is 2.80. The van der Waals surface area contributed by atoms with Crippen molar-refractivity contribution in [3.63, 3.8) is 0 Å². The minimum atomic E-state index is 0.297. The molecule has 0 aromatic carbocycles. The van der Waals surface area contributed by atoms with Gasteiger partial charge in [-0.2, -0.15) is 0 Å². The van der Waals surface area contributed by atoms with E-state index in [9.17, 15) is 0 Å². The molecule has 0 unspecified atom stereocenters. The van der Waals surface area contributed by atoms with Crippen LogP contribution in [0.1, 0.15) is 30.7 Å². The van der Waals surface area contributed by atoms with Gasteiger partial charge in [-0.05, 0) is 46.3 Å². The fraction of sp³-hybridized carbons (Fsp3) is 0.600. The highest BCUT2D eigenvalue weighted by Gasteiger charge is 2.22. The maximum absolute atomic E-state index is 3.57. The topological polar surface area (TPSA) is 0 Å². The fourth-order valence-corrected chi connectivity index (χ4v) is 3.81. The molecule has 74 valence electrons. The smallest absolute Gasteiger partial charge is 0.0730 e. The standard InChI is InChI=1S/C10H14Br2S/c1-7-6-8(13-9(7)12)10(2,3)4-5-11/h6H,4-5H2,1-3H3. The van der Waals surface area contributed by atoms with Crippen LogP contribution in [0.15, 0.2) is 9.85 Å². The third-order valence-corrected chi connectivity index (χ3v) is 5.14. The molecule has 1 heterocycles. The Bertz CT molecular complexity index is 270. The van der Waals surface area contributed by atoms with E-state index in [2.05, 4.69) is 58.7 Å². The highest BCUT2D eigenvalue weighted by molar-refractivity contribution is 9.11. The minimum absolute atomic E-state index is 0.297. The first-order valence-corrected chi connectivity index (χ1v) is 7.03. The maximum Gasteiger partial charge on any atom is 0.0730 e. The van der Waals surface area contributed by atoms with Gasteiger partial charge in [-0.3, -0.25) is 0 Å². The van der Waals surface area contributed by atoms with E-state index in [4.69, 9.17) is 0 Å². The Kier molecular flexibility index (Phi) is 4.02. The fourth-order valence-electron chi connectivity index (χ4n) is 1.15. The average molecular weight is 326 g/mol. The lowest BCUT2D eigenvalue weighted by Gasteiger charge is -2.21. The van der Waals surface area contributed by atoms with E-state index >= 15 is 0 Å². The lowest BCUT2D eigenvalue weighted by atomic mass is 9.88. The Morgan fingerprint density at radius 1 is 1.46 bits per heavy atom. The quantitative estimate of drug-likeness (QED) is 0.695. The first-order valence-electron chi connectivity index (χ1n) is 4.30. The van der Waals surface area contributed by atoms with E-state index in [1.165, 1.54) is 20.6 Å². The summed E-state index contributed by atoms with van der Waals surface area (Å²) in [6.45, 7) is 6.74. The summed E-state index contributed by atoms with van der Waals surface area (Å²) in [5.74, 6) is 0. The molecule has 0 aliphatic carbocycles. The van der Waals surface area contributed by atoms with Gasteiger partial charge in [-0.15, -0.1) is 11.3 Å². The Hall–Kier alpha value is 0.660. The Morgan fingerprint density at radius 2 is 2.08 bits per heavy atom. The van der Waals surface area contributed by atoms with Crippen molar-refractivity contribution in [2.45, 2.75) is 32.6 Å². The van der Waals surface area contributed by atoms with Gasteiger partial charge in [0.2, 0.25) is 0 Å². The number of aryl methyl sites for hydroxylation is 1. The summed E-state index contributed by atoms with van der Waals surface area (Å²) in [5.41, 5.74) is 1.65. The van der Waals surface area contributed by atoms with Crippen LogP contribution in [0.25, 0.3) is 0 Å². The molecule has 0 saturated carbocycles. The van der Waals surface area contributed by atoms with Gasteiger partial charge in [0.05, 0.1) is 3.79 Å². The molecule has 0 aliphatic rings. The van der Waals surface area contributed by atoms with Crippen LogP contribution in [-0.2, 0) is 5.41 Å². The highest BCUT2D eigenvalue weighted by atomic mass is 79.9. The van der Waals surface area contributed by atoms with Crippen molar-refractivity contribution >= 4 is 43.2 Å². The van der Waals surface area contributed by atoms with Gasteiger partial charge in [0.25, 0.3) is 0 Å². The van der Waals surface area contributed by atoms with Gasteiger partial charge in [-0.1, -0.05) is 29.8 Å². The molecule has 0 fully saturated rings. The predicted molar refractivity (Wildman–Crippen MR) is 68.2 cm³/mol. The van der Waals surface area contributed by atoms with Crippen LogP contribution in [0.2, 0.25) is 0 Å². The van der Waals surface area contributed by atoms with Crippen molar-refractivity contribution in [2.75, 3.05) is 5.33 Å². The molecular weight excluding hydrogens is 312 g/mol. The van der Waals surface area contributed by atoms with Crippen molar-refractivity contribution in [2.24, 2.45) is 0 Å². The van der Waals surface area contributed by atoms with Crippen LogP contribution >= 0.6 is 43.2 Å². The molecule has 0 atom stereocenters. The van der Waals surface area contributed by atoms with Gasteiger partial charge in [0.1, 0.15) is 0 Å². The average Bonchev–Trinajstić information content (AvgIpc) is 2.33. The number of rotatable bonds is 3. The van der Waals surface area contributed by atoms with E-state index < -0.39 is 0 Å². The van der Waals surface area contributed by atoms with Crippen molar-refractivity contribution in [3.05, 3.63) is 20.3 Å². The largest absolute Gasteiger partial charge is 0.132 e. The molecule has 0 saturated heterocycles. The van der Waals surface area contributed by atoms with E-state index in [1.54, 1.807) is 0 Å². The molecule has 0 nitrogen and oxygen atoms in total. The summed E-state index contributed by atoms with van der Waals surface area (Å²) in [5, 5.41) is 1.06. The van der Waals surface area contributed by atoms with Gasteiger partial charge < -0.3 is 0 Å². The summed E-state index contributed by atoms with van der Waals surface area (Å²) < 4.78 is 1.27. The van der Waals surface area contributed by atoms with Crippen molar-refractivity contribution in [3.8, 4) is 0 Å². The molecular formula is C10H14Br2S. The van der Waals surface area contributed by atoms with Crippen LogP contribution in [-0.4, -0.2) is 5.33 Å². The summed E-state index contributed by atoms with van der Waals surface area (Å²) in [4.78, 5) is 1.47. The summed E-state index contributed by atoms with van der Waals surface area (Å²) in [6.07, 6.45) is 1.18. The van der Waals surface area contributed by atoms with Crippen LogP contribution in [0, 0.1) is 6.92 Å². The number of hydrogen-bond donors (Lipinski definition) is 0. The second-order valence-electron chi connectivity index (χ2n) is 3.89. The summed E-state index contributed by atoms with van der Waals surface area (Å²) in [6, 6.07) is 2.29. The second-order valence-corrected chi connectivity index (χ2v) is 7.05. The molecule has 0 N–H and O–H groups in total. The van der Waals surface area contributed by atoms with E-state index in [0.717, 1.165) is 5.33 Å². The number of halogens is 2. The van der Waals surface area contributed by atoms with Gasteiger partial charge in [0, 0.05) is 10.2 Å². The number of hydrogen-bond acceptors (Lipinski definition) is 1. The van der Waals surface area contributed by atoms with Gasteiger partial charge >= 0.3 is 0 Å². The van der Waals surface area contributed by atoms with E-state index in [1.807, 2.05) is 11.3 Å². The molecule has 0 aliphatic heterocycles. The lowest BCUT2D eigenvalue weighted by Crippen LogP contribution is -2.15. The zero-order valence-corrected chi connectivity index (χ0v) is 12.1. The Morgan fingerprint density at radius 3 is 2.46 bits per heavy atom. The predicted octanol–water partition coefficient (Wildman–Crippen LogP) is 4.88. The zero-order valence-electron chi connectivity index (χ0n) is 8.16. The van der Waals surface area contributed by atoms with E-state index in [0.29, 0.717) is 5.41 Å². The monoisotopic (exact) mass is 324 g/mol. The van der Waals surface area contributed by atoms with Crippen molar-refractivity contribution < 1.29 is 0 Å². The van der Waals surface area contributed by atoms with Gasteiger partial charge in [0.15, 0.2) is 0 Å². The maximum atomic E-state index is 3.57. The summed E-state index contributed by atoms with van der Waals surface area (Å²) >= 11 is 8.92. The second kappa shape index (κ2) is 4.45. The molecule has 1 aromatic rings. The van der Waals surface area contributed by atoms with Crippen LogP contribution in [0.5, 0.6) is 0 Å². The minimum Gasteiger partial charge on any atom is -0.132 e. The number of thiophene rings is 1. The first kappa shape index (κ1) is 11.7. The molecule has 0 radical (unpaired) electrons. The SMILES string of the molecule is Cc1cc(C(C)(C)CCBr)sc1Br. The van der Waals surface area contributed by atoms with Gasteiger partial charge in [-0.25, -0.2) is 0 Å². The van der Waals surface area contributed by atoms with Crippen LogP contribution < -0.4 is 0 Å². The lowest BCUT2D eigenvalue weighted by molar-refractivity contribution is 0.523. The molecule has 13 heavy (non-hydrogen) atoms. The van der Waals surface area contributed by atoms with Crippen molar-refractivity contribution in [1.82, 2.24) is 0 Å².